The molecule has 0 bridgehead atoms. The quantitative estimate of drug-likeness (QED) is 0.849. The minimum absolute atomic E-state index is 0.0204. The predicted octanol–water partition coefficient (Wildman–Crippen LogP) is 3.32. The number of aromatic hydroxyl groups is 1. The molecule has 2 rings (SSSR count). The molecule has 0 unspecified atom stereocenters. The zero-order chi connectivity index (χ0) is 13.1. The Bertz CT molecular complexity index is 583. The van der Waals surface area contributed by atoms with Gasteiger partial charge in [-0.1, -0.05) is 18.5 Å². The molecule has 1 heterocycles. The number of aryl methyl sites for hydroxylation is 1. The topological polar surface area (TPSA) is 62.2 Å². The van der Waals surface area contributed by atoms with Crippen molar-refractivity contribution in [3.63, 3.8) is 0 Å². The van der Waals surface area contributed by atoms with E-state index in [1.807, 2.05) is 6.92 Å². The van der Waals surface area contributed by atoms with Gasteiger partial charge in [0.1, 0.15) is 10.6 Å². The number of anilines is 1. The molecule has 0 aliphatic carbocycles. The fraction of sp³-hybridized carbons (Fsp3) is 0.167. The third-order valence-corrected chi connectivity index (χ3v) is 3.66. The molecule has 0 atom stereocenters. The standard InChI is InChI=1S/C12H11ClN2O2S/c1-2-11-14-6-10(18-11)12(17)15-8-5-7(13)3-4-9(8)16/h3-6,16H,2H2,1H3,(H,15,17). The molecule has 0 saturated carbocycles. The molecule has 94 valence electrons. The first-order valence-corrected chi connectivity index (χ1v) is 6.54. The van der Waals surface area contributed by atoms with E-state index in [-0.39, 0.29) is 11.7 Å². The van der Waals surface area contributed by atoms with Gasteiger partial charge in [-0.15, -0.1) is 11.3 Å². The van der Waals surface area contributed by atoms with Gasteiger partial charge in [0.2, 0.25) is 0 Å². The Balaban J connectivity index is 2.18. The molecule has 2 aromatic rings. The van der Waals surface area contributed by atoms with Crippen molar-refractivity contribution in [2.45, 2.75) is 13.3 Å². The Morgan fingerprint density at radius 2 is 2.33 bits per heavy atom. The third-order valence-electron chi connectivity index (χ3n) is 2.29. The number of thiazole rings is 1. The molecular formula is C12H11ClN2O2S. The minimum atomic E-state index is -0.301. The van der Waals surface area contributed by atoms with Crippen molar-refractivity contribution in [1.29, 1.82) is 0 Å². The molecule has 18 heavy (non-hydrogen) atoms. The maximum atomic E-state index is 11.9. The van der Waals surface area contributed by atoms with Gasteiger partial charge in [0.25, 0.3) is 5.91 Å². The minimum Gasteiger partial charge on any atom is -0.506 e. The van der Waals surface area contributed by atoms with E-state index in [1.54, 1.807) is 6.07 Å². The molecule has 1 amide bonds. The van der Waals surface area contributed by atoms with Gasteiger partial charge >= 0.3 is 0 Å². The summed E-state index contributed by atoms with van der Waals surface area (Å²) in [5.41, 5.74) is 0.291. The van der Waals surface area contributed by atoms with E-state index >= 15 is 0 Å². The SMILES string of the molecule is CCc1ncc(C(=O)Nc2cc(Cl)ccc2O)s1. The van der Waals surface area contributed by atoms with E-state index in [1.165, 1.54) is 29.7 Å². The second-order valence-electron chi connectivity index (χ2n) is 3.59. The van der Waals surface area contributed by atoms with Crippen LogP contribution in [0.15, 0.2) is 24.4 Å². The predicted molar refractivity (Wildman–Crippen MR) is 72.6 cm³/mol. The Morgan fingerprint density at radius 1 is 1.56 bits per heavy atom. The Hall–Kier alpha value is -1.59. The van der Waals surface area contributed by atoms with Crippen LogP contribution in [0.2, 0.25) is 5.02 Å². The Labute approximate surface area is 113 Å². The van der Waals surface area contributed by atoms with E-state index in [2.05, 4.69) is 10.3 Å². The van der Waals surface area contributed by atoms with Gasteiger partial charge in [0.05, 0.1) is 16.9 Å². The monoisotopic (exact) mass is 282 g/mol. The van der Waals surface area contributed by atoms with Crippen LogP contribution in [0, 0.1) is 0 Å². The number of hydrogen-bond donors (Lipinski definition) is 2. The lowest BCUT2D eigenvalue weighted by Crippen LogP contribution is -2.10. The van der Waals surface area contributed by atoms with Crippen LogP contribution in [0.5, 0.6) is 5.75 Å². The highest BCUT2D eigenvalue weighted by molar-refractivity contribution is 7.13. The van der Waals surface area contributed by atoms with Gasteiger partial charge in [-0.05, 0) is 24.6 Å². The highest BCUT2D eigenvalue weighted by Crippen LogP contribution is 2.27. The van der Waals surface area contributed by atoms with Gasteiger partial charge in [-0.2, -0.15) is 0 Å². The van der Waals surface area contributed by atoms with Gasteiger partial charge in [0, 0.05) is 5.02 Å². The average molecular weight is 283 g/mol. The van der Waals surface area contributed by atoms with Crippen molar-refractivity contribution in [3.05, 3.63) is 39.3 Å². The number of nitrogens with one attached hydrogen (secondary N) is 1. The number of hydrogen-bond acceptors (Lipinski definition) is 4. The first-order valence-electron chi connectivity index (χ1n) is 5.34. The molecule has 1 aromatic heterocycles. The fourth-order valence-electron chi connectivity index (χ4n) is 1.37. The third kappa shape index (κ3) is 2.80. The number of carbonyl (C=O) groups is 1. The van der Waals surface area contributed by atoms with Gasteiger partial charge < -0.3 is 10.4 Å². The average Bonchev–Trinajstić information content (AvgIpc) is 2.82. The summed E-state index contributed by atoms with van der Waals surface area (Å²) in [6.45, 7) is 1.98. The zero-order valence-electron chi connectivity index (χ0n) is 9.61. The number of aromatic nitrogens is 1. The molecule has 0 spiro atoms. The number of benzene rings is 1. The summed E-state index contributed by atoms with van der Waals surface area (Å²) < 4.78 is 0. The number of rotatable bonds is 3. The van der Waals surface area contributed by atoms with Gasteiger partial charge in [-0.3, -0.25) is 4.79 Å². The van der Waals surface area contributed by atoms with Crippen LogP contribution in [0.3, 0.4) is 0 Å². The van der Waals surface area contributed by atoms with Crippen LogP contribution >= 0.6 is 22.9 Å². The largest absolute Gasteiger partial charge is 0.506 e. The number of carbonyl (C=O) groups excluding carboxylic acids is 1. The summed E-state index contributed by atoms with van der Waals surface area (Å²) in [5, 5.41) is 13.5. The smallest absolute Gasteiger partial charge is 0.267 e. The van der Waals surface area contributed by atoms with Gasteiger partial charge in [-0.25, -0.2) is 4.98 Å². The van der Waals surface area contributed by atoms with E-state index in [9.17, 15) is 9.90 Å². The summed E-state index contributed by atoms with van der Waals surface area (Å²) in [5.74, 6) is -0.322. The Kier molecular flexibility index (Phi) is 3.84. The molecule has 4 nitrogen and oxygen atoms in total. The molecule has 6 heteroatoms. The maximum absolute atomic E-state index is 11.9. The van der Waals surface area contributed by atoms with E-state index in [0.29, 0.717) is 15.6 Å². The molecule has 2 N–H and O–H groups in total. The number of phenolic OH excluding ortho intramolecular Hbond substituents is 1. The number of phenols is 1. The van der Waals surface area contributed by atoms with Crippen LogP contribution < -0.4 is 5.32 Å². The van der Waals surface area contributed by atoms with E-state index in [0.717, 1.165) is 11.4 Å². The normalized spacial score (nSPS) is 10.3. The summed E-state index contributed by atoms with van der Waals surface area (Å²) in [6.07, 6.45) is 2.32. The van der Waals surface area contributed by atoms with Crippen molar-refractivity contribution in [2.24, 2.45) is 0 Å². The van der Waals surface area contributed by atoms with Crippen LogP contribution in [0.1, 0.15) is 21.6 Å². The first-order chi connectivity index (χ1) is 8.60. The summed E-state index contributed by atoms with van der Waals surface area (Å²) >= 11 is 7.13. The molecule has 0 radical (unpaired) electrons. The molecule has 0 fully saturated rings. The lowest BCUT2D eigenvalue weighted by atomic mass is 10.3. The van der Waals surface area contributed by atoms with E-state index in [4.69, 9.17) is 11.6 Å². The molecular weight excluding hydrogens is 272 g/mol. The van der Waals surface area contributed by atoms with E-state index < -0.39 is 0 Å². The highest BCUT2D eigenvalue weighted by Gasteiger charge is 2.12. The first kappa shape index (κ1) is 12.9. The molecule has 1 aromatic carbocycles. The summed E-state index contributed by atoms with van der Waals surface area (Å²) in [6, 6.07) is 4.48. The molecule has 0 aliphatic rings. The molecule has 0 saturated heterocycles. The lowest BCUT2D eigenvalue weighted by molar-refractivity contribution is 0.103. The lowest BCUT2D eigenvalue weighted by Gasteiger charge is -2.05. The van der Waals surface area contributed by atoms with Crippen LogP contribution in [0.25, 0.3) is 0 Å². The highest BCUT2D eigenvalue weighted by atomic mass is 35.5. The molecule has 0 aliphatic heterocycles. The van der Waals surface area contributed by atoms with Crippen LogP contribution in [-0.2, 0) is 6.42 Å². The van der Waals surface area contributed by atoms with Crippen LogP contribution in [-0.4, -0.2) is 16.0 Å². The van der Waals surface area contributed by atoms with Crippen molar-refractivity contribution in [3.8, 4) is 5.75 Å². The second-order valence-corrected chi connectivity index (χ2v) is 5.14. The second kappa shape index (κ2) is 5.37. The number of halogens is 1. The van der Waals surface area contributed by atoms with Crippen LogP contribution in [0.4, 0.5) is 5.69 Å². The number of amides is 1. The maximum Gasteiger partial charge on any atom is 0.267 e. The van der Waals surface area contributed by atoms with Crippen molar-refractivity contribution in [1.82, 2.24) is 4.98 Å². The fourth-order valence-corrected chi connectivity index (χ4v) is 2.30. The van der Waals surface area contributed by atoms with Crippen molar-refractivity contribution in [2.75, 3.05) is 5.32 Å². The van der Waals surface area contributed by atoms with Crippen molar-refractivity contribution < 1.29 is 9.90 Å². The number of nitrogens with zero attached hydrogens (tertiary/aromatic N) is 1. The Morgan fingerprint density at radius 3 is 3.00 bits per heavy atom. The van der Waals surface area contributed by atoms with Gasteiger partial charge in [0.15, 0.2) is 0 Å². The van der Waals surface area contributed by atoms with Crippen molar-refractivity contribution >= 4 is 34.5 Å². The summed E-state index contributed by atoms with van der Waals surface area (Å²) in [7, 11) is 0. The summed E-state index contributed by atoms with van der Waals surface area (Å²) in [4.78, 5) is 16.5. The zero-order valence-corrected chi connectivity index (χ0v) is 11.2.